The van der Waals surface area contributed by atoms with Crippen molar-refractivity contribution >= 4 is 40.8 Å². The molecule has 0 aliphatic carbocycles. The number of carbonyl (C=O) groups excluding carboxylic acids is 1. The standard InChI is InChI=1S/C14H13Cl2N3O3/c15-10-3-4-12(11(16)6-10)19-8-9(7-17)14(22)18-5-1-2-13(20)21/h3-4,6,8,19H,1-2,5H2,(H,18,22)(H,20,21)/b9-8-. The SMILES string of the molecule is N#C/C(=C/Nc1ccc(Cl)cc1Cl)C(=O)NCCCC(=O)O. The number of carboxylic acid groups (broad SMARTS) is 1. The quantitative estimate of drug-likeness (QED) is 0.402. The van der Waals surface area contributed by atoms with Gasteiger partial charge in [0.15, 0.2) is 0 Å². The second-order valence-electron chi connectivity index (χ2n) is 4.19. The summed E-state index contributed by atoms with van der Waals surface area (Å²) in [6.07, 6.45) is 1.46. The Kier molecular flexibility index (Phi) is 7.23. The van der Waals surface area contributed by atoms with E-state index in [0.717, 1.165) is 0 Å². The molecule has 1 aromatic carbocycles. The van der Waals surface area contributed by atoms with Gasteiger partial charge in [-0.25, -0.2) is 0 Å². The van der Waals surface area contributed by atoms with E-state index in [9.17, 15) is 9.59 Å². The molecular formula is C14H13Cl2N3O3. The number of carbonyl (C=O) groups is 2. The van der Waals surface area contributed by atoms with E-state index in [1.165, 1.54) is 12.3 Å². The molecule has 0 fully saturated rings. The predicted molar refractivity (Wildman–Crippen MR) is 83.7 cm³/mol. The maximum Gasteiger partial charge on any atom is 0.303 e. The zero-order valence-corrected chi connectivity index (χ0v) is 12.9. The number of nitrogens with one attached hydrogen (secondary N) is 2. The van der Waals surface area contributed by atoms with Crippen LogP contribution in [0.2, 0.25) is 10.0 Å². The molecule has 0 aliphatic rings. The molecule has 1 aromatic rings. The molecule has 0 aromatic heterocycles. The van der Waals surface area contributed by atoms with Crippen molar-refractivity contribution < 1.29 is 14.7 Å². The molecule has 0 atom stereocenters. The number of hydrogen-bond donors (Lipinski definition) is 3. The first kappa shape index (κ1) is 17.8. The molecule has 0 bridgehead atoms. The number of anilines is 1. The van der Waals surface area contributed by atoms with Gasteiger partial charge in [-0.2, -0.15) is 5.26 Å². The van der Waals surface area contributed by atoms with Gasteiger partial charge in [0.1, 0.15) is 11.6 Å². The summed E-state index contributed by atoms with van der Waals surface area (Å²) >= 11 is 11.7. The Bertz CT molecular complexity index is 639. The van der Waals surface area contributed by atoms with Crippen LogP contribution in [-0.4, -0.2) is 23.5 Å². The molecule has 3 N–H and O–H groups in total. The van der Waals surface area contributed by atoms with Crippen LogP contribution in [0.4, 0.5) is 5.69 Å². The minimum atomic E-state index is -0.940. The highest BCUT2D eigenvalue weighted by Gasteiger charge is 2.09. The highest BCUT2D eigenvalue weighted by atomic mass is 35.5. The van der Waals surface area contributed by atoms with E-state index in [1.54, 1.807) is 18.2 Å². The van der Waals surface area contributed by atoms with Crippen molar-refractivity contribution in [1.82, 2.24) is 5.32 Å². The summed E-state index contributed by atoms with van der Waals surface area (Å²) in [5.41, 5.74) is 0.346. The zero-order valence-electron chi connectivity index (χ0n) is 11.4. The van der Waals surface area contributed by atoms with E-state index >= 15 is 0 Å². The van der Waals surface area contributed by atoms with Crippen molar-refractivity contribution in [3.8, 4) is 6.07 Å². The van der Waals surface area contributed by atoms with Crippen LogP contribution in [0.15, 0.2) is 30.0 Å². The predicted octanol–water partition coefficient (Wildman–Crippen LogP) is 2.79. The van der Waals surface area contributed by atoms with Crippen LogP contribution < -0.4 is 10.6 Å². The second-order valence-corrected chi connectivity index (χ2v) is 5.04. The van der Waals surface area contributed by atoms with Crippen LogP contribution in [0.5, 0.6) is 0 Å². The number of halogens is 2. The topological polar surface area (TPSA) is 102 Å². The Morgan fingerprint density at radius 3 is 2.68 bits per heavy atom. The lowest BCUT2D eigenvalue weighted by Gasteiger charge is -2.06. The van der Waals surface area contributed by atoms with Crippen LogP contribution >= 0.6 is 23.2 Å². The van der Waals surface area contributed by atoms with Crippen molar-refractivity contribution in [3.05, 3.63) is 40.0 Å². The molecule has 8 heteroatoms. The van der Waals surface area contributed by atoms with Crippen molar-refractivity contribution in [2.75, 3.05) is 11.9 Å². The Labute approximate surface area is 137 Å². The molecule has 0 heterocycles. The maximum absolute atomic E-state index is 11.7. The first-order valence-electron chi connectivity index (χ1n) is 6.26. The van der Waals surface area contributed by atoms with E-state index in [-0.39, 0.29) is 25.0 Å². The van der Waals surface area contributed by atoms with Gasteiger partial charge in [-0.1, -0.05) is 23.2 Å². The average Bonchev–Trinajstić information content (AvgIpc) is 2.46. The van der Waals surface area contributed by atoms with Gasteiger partial charge < -0.3 is 15.7 Å². The smallest absolute Gasteiger partial charge is 0.303 e. The number of rotatable bonds is 7. The molecule has 1 rings (SSSR count). The van der Waals surface area contributed by atoms with Crippen LogP contribution in [0.1, 0.15) is 12.8 Å². The van der Waals surface area contributed by atoms with Gasteiger partial charge in [0.05, 0.1) is 10.7 Å². The van der Waals surface area contributed by atoms with E-state index < -0.39 is 11.9 Å². The minimum Gasteiger partial charge on any atom is -0.481 e. The fraction of sp³-hybridized carbons (Fsp3) is 0.214. The number of carboxylic acids is 1. The van der Waals surface area contributed by atoms with Gasteiger partial charge in [-0.15, -0.1) is 0 Å². The molecule has 0 spiro atoms. The number of nitrogens with zero attached hydrogens (tertiary/aromatic N) is 1. The number of benzene rings is 1. The fourth-order valence-corrected chi connectivity index (χ4v) is 1.90. The molecule has 0 aliphatic heterocycles. The van der Waals surface area contributed by atoms with Crippen LogP contribution in [0, 0.1) is 11.3 Å². The summed E-state index contributed by atoms with van der Waals surface area (Å²) in [5.74, 6) is -1.53. The Hall–Kier alpha value is -2.23. The van der Waals surface area contributed by atoms with Crippen molar-refractivity contribution in [3.63, 3.8) is 0 Å². The minimum absolute atomic E-state index is 0.0511. The first-order valence-corrected chi connectivity index (χ1v) is 7.01. The summed E-state index contributed by atoms with van der Waals surface area (Å²) in [4.78, 5) is 22.1. The van der Waals surface area contributed by atoms with Crippen molar-refractivity contribution in [2.24, 2.45) is 0 Å². The first-order chi connectivity index (χ1) is 10.4. The largest absolute Gasteiger partial charge is 0.481 e. The summed E-state index contributed by atoms with van der Waals surface area (Å²) < 4.78 is 0. The Morgan fingerprint density at radius 2 is 2.09 bits per heavy atom. The molecule has 116 valence electrons. The van der Waals surface area contributed by atoms with Gasteiger partial charge in [-0.05, 0) is 24.6 Å². The van der Waals surface area contributed by atoms with E-state index in [4.69, 9.17) is 33.6 Å². The third-order valence-electron chi connectivity index (χ3n) is 2.52. The van der Waals surface area contributed by atoms with Gasteiger partial charge in [0, 0.05) is 24.2 Å². The monoisotopic (exact) mass is 341 g/mol. The van der Waals surface area contributed by atoms with Gasteiger partial charge in [0.2, 0.25) is 0 Å². The van der Waals surface area contributed by atoms with Crippen molar-refractivity contribution in [2.45, 2.75) is 12.8 Å². The normalized spacial score (nSPS) is 10.7. The summed E-state index contributed by atoms with van der Waals surface area (Å²) in [6.45, 7) is 0.172. The molecule has 1 amide bonds. The molecule has 0 radical (unpaired) electrons. The Morgan fingerprint density at radius 1 is 1.36 bits per heavy atom. The van der Waals surface area contributed by atoms with Crippen LogP contribution in [0.25, 0.3) is 0 Å². The number of aliphatic carboxylic acids is 1. The molecule has 0 unspecified atom stereocenters. The van der Waals surface area contributed by atoms with Gasteiger partial charge >= 0.3 is 5.97 Å². The molecule has 0 saturated carbocycles. The van der Waals surface area contributed by atoms with Crippen molar-refractivity contribution in [1.29, 1.82) is 5.26 Å². The zero-order chi connectivity index (χ0) is 16.5. The average molecular weight is 342 g/mol. The fourth-order valence-electron chi connectivity index (χ4n) is 1.44. The molecule has 0 saturated heterocycles. The number of nitriles is 1. The third-order valence-corrected chi connectivity index (χ3v) is 3.07. The second kappa shape index (κ2) is 8.93. The highest BCUT2D eigenvalue weighted by Crippen LogP contribution is 2.25. The summed E-state index contributed by atoms with van der Waals surface area (Å²) in [7, 11) is 0. The van der Waals surface area contributed by atoms with Crippen LogP contribution in [-0.2, 0) is 9.59 Å². The van der Waals surface area contributed by atoms with E-state index in [1.807, 2.05) is 0 Å². The molecule has 6 nitrogen and oxygen atoms in total. The van der Waals surface area contributed by atoms with E-state index in [0.29, 0.717) is 15.7 Å². The molecular weight excluding hydrogens is 329 g/mol. The third kappa shape index (κ3) is 6.04. The lowest BCUT2D eigenvalue weighted by Crippen LogP contribution is -2.26. The highest BCUT2D eigenvalue weighted by molar-refractivity contribution is 6.36. The lowest BCUT2D eigenvalue weighted by molar-refractivity contribution is -0.137. The molecule has 22 heavy (non-hydrogen) atoms. The maximum atomic E-state index is 11.7. The lowest BCUT2D eigenvalue weighted by atomic mass is 10.2. The summed E-state index contributed by atoms with van der Waals surface area (Å²) in [6, 6.07) is 6.50. The Balaban J connectivity index is 2.60. The summed E-state index contributed by atoms with van der Waals surface area (Å²) in [5, 5.41) is 23.5. The number of hydrogen-bond acceptors (Lipinski definition) is 4. The van der Waals surface area contributed by atoms with E-state index in [2.05, 4.69) is 10.6 Å². The van der Waals surface area contributed by atoms with Crippen LogP contribution in [0.3, 0.4) is 0 Å². The van der Waals surface area contributed by atoms with Gasteiger partial charge in [-0.3, -0.25) is 9.59 Å². The van der Waals surface area contributed by atoms with Gasteiger partial charge in [0.25, 0.3) is 5.91 Å². The number of amides is 1.